The second-order valence-electron chi connectivity index (χ2n) is 32.6. The minimum absolute atomic E-state index is 0.154. The van der Waals surface area contributed by atoms with Gasteiger partial charge in [0.15, 0.2) is 11.6 Å². The van der Waals surface area contributed by atoms with Crippen LogP contribution in [0.1, 0.15) is 51.7 Å². The van der Waals surface area contributed by atoms with Crippen molar-refractivity contribution in [1.29, 1.82) is 16.2 Å². The number of H-pyrrole nitrogens is 1. The van der Waals surface area contributed by atoms with E-state index >= 15 is 0 Å². The third kappa shape index (κ3) is 21.7. The maximum absolute atomic E-state index is 13.7. The Morgan fingerprint density at radius 1 is 0.400 bits per heavy atom. The Hall–Kier alpha value is -18.5. The van der Waals surface area contributed by atoms with Gasteiger partial charge in [-0.15, -0.1) is 0 Å². The van der Waals surface area contributed by atoms with Crippen LogP contribution in [0.2, 0.25) is 0 Å². The zero-order valence-corrected chi connectivity index (χ0v) is 77.6. The number of aryl methyl sites for hydroxylation is 4. The number of aliphatic imine (C=N–C) groups is 1. The molecule has 21 rings (SSSR count). The lowest BCUT2D eigenvalue weighted by molar-refractivity contribution is 0.387. The van der Waals surface area contributed by atoms with Gasteiger partial charge < -0.3 is 47.6 Å². The molecule has 9 aromatic carbocycles. The molecule has 10 N–H and O–H groups in total. The third-order valence-corrected chi connectivity index (χ3v) is 23.4. The Morgan fingerprint density at radius 3 is 1.34 bits per heavy atom. The summed E-state index contributed by atoms with van der Waals surface area (Å²) in [5, 5.41) is 47.3. The van der Waals surface area contributed by atoms with Gasteiger partial charge in [-0.3, -0.25) is 59.6 Å². The number of nitrogens with zero attached hydrogens (tertiary/aromatic N) is 13. The number of fused-ring (bicyclic) bond motifs is 3. The summed E-state index contributed by atoms with van der Waals surface area (Å²) in [6, 6.07) is 85.8. The van der Waals surface area contributed by atoms with E-state index in [2.05, 4.69) is 150 Å². The van der Waals surface area contributed by atoms with Crippen LogP contribution in [0, 0.1) is 54.5 Å². The smallest absolute Gasteiger partial charge is 0.165 e. The molecule has 0 atom stereocenters. The number of hydrogen-bond acceptors (Lipinski definition) is 21. The first-order chi connectivity index (χ1) is 68.2. The van der Waals surface area contributed by atoms with E-state index in [4.69, 9.17) is 37.2 Å². The number of rotatable bonds is 18. The average molecular weight is 1850 g/mol. The lowest BCUT2D eigenvalue weighted by Crippen LogP contribution is -1.98. The summed E-state index contributed by atoms with van der Waals surface area (Å²) in [6.45, 7) is 8.43. The largest absolute Gasteiger partial charge is 0.508 e. The molecular formula is C114H95F3N20O3. The molecule has 1 aliphatic rings. The number of aromatic hydroxyl groups is 1. The van der Waals surface area contributed by atoms with Gasteiger partial charge in [-0.25, -0.2) is 13.2 Å². The van der Waals surface area contributed by atoms with E-state index in [1.165, 1.54) is 48.2 Å². The minimum atomic E-state index is -0.431. The summed E-state index contributed by atoms with van der Waals surface area (Å²) in [7, 11) is 6.85. The quantitative estimate of drug-likeness (QED) is 0.0370. The van der Waals surface area contributed by atoms with Gasteiger partial charge in [0.1, 0.15) is 40.0 Å². The minimum Gasteiger partial charge on any atom is -0.508 e. The van der Waals surface area contributed by atoms with Crippen molar-refractivity contribution in [1.82, 2.24) is 64.8 Å². The second-order valence-corrected chi connectivity index (χ2v) is 32.6. The van der Waals surface area contributed by atoms with Crippen LogP contribution in [0.3, 0.4) is 0 Å². The number of pyridine rings is 9. The van der Waals surface area contributed by atoms with Crippen molar-refractivity contribution < 1.29 is 27.8 Å². The first kappa shape index (κ1) is 94.7. The number of anilines is 3. The molecule has 0 saturated heterocycles. The number of halogens is 3. The first-order valence-corrected chi connectivity index (χ1v) is 44.5. The number of methoxy groups -OCH3 is 2. The van der Waals surface area contributed by atoms with Gasteiger partial charge >= 0.3 is 0 Å². The molecule has 690 valence electrons. The van der Waals surface area contributed by atoms with Crippen LogP contribution in [0.4, 0.5) is 30.2 Å². The molecule has 11 aromatic heterocycles. The van der Waals surface area contributed by atoms with Gasteiger partial charge in [0, 0.05) is 200 Å². The Balaban J connectivity index is 0.000000121. The summed E-state index contributed by atoms with van der Waals surface area (Å²) in [5.74, 6) is 0.300. The van der Waals surface area contributed by atoms with Gasteiger partial charge in [-0.1, -0.05) is 109 Å². The van der Waals surface area contributed by atoms with Gasteiger partial charge in [0.2, 0.25) is 0 Å². The normalized spacial score (nSPS) is 11.0. The zero-order valence-electron chi connectivity index (χ0n) is 77.6. The summed E-state index contributed by atoms with van der Waals surface area (Å²) < 4.78 is 53.0. The number of ether oxygens (including phenoxy) is 2. The molecule has 0 unspecified atom stereocenters. The predicted molar refractivity (Wildman–Crippen MR) is 555 cm³/mol. The molecule has 0 bridgehead atoms. The van der Waals surface area contributed by atoms with E-state index in [1.807, 2.05) is 159 Å². The van der Waals surface area contributed by atoms with Crippen LogP contribution >= 0.6 is 0 Å². The van der Waals surface area contributed by atoms with Crippen LogP contribution in [0.15, 0.2) is 346 Å². The zero-order chi connectivity index (χ0) is 97.9. The molecule has 12 heterocycles. The number of phenolic OH excluding ortho intramolecular Hbond substituents is 1. The highest BCUT2D eigenvalue weighted by molar-refractivity contribution is 6.03. The van der Waals surface area contributed by atoms with Crippen molar-refractivity contribution in [2.75, 3.05) is 38.1 Å². The molecule has 26 heteroatoms. The van der Waals surface area contributed by atoms with Crippen LogP contribution in [0.25, 0.3) is 156 Å². The van der Waals surface area contributed by atoms with E-state index in [1.54, 1.807) is 137 Å². The van der Waals surface area contributed by atoms with Gasteiger partial charge in [-0.2, -0.15) is 10.2 Å². The second kappa shape index (κ2) is 43.7. The van der Waals surface area contributed by atoms with Gasteiger partial charge in [0.25, 0.3) is 0 Å². The number of benzene rings is 9. The van der Waals surface area contributed by atoms with Crippen molar-refractivity contribution in [3.63, 3.8) is 0 Å². The number of phenols is 1. The van der Waals surface area contributed by atoms with E-state index in [-0.39, 0.29) is 23.1 Å². The van der Waals surface area contributed by atoms with E-state index in [0.29, 0.717) is 39.6 Å². The maximum atomic E-state index is 13.7. The Morgan fingerprint density at radius 2 is 0.850 bits per heavy atom. The van der Waals surface area contributed by atoms with Gasteiger partial charge in [-0.05, 0) is 231 Å². The highest BCUT2D eigenvalue weighted by Crippen LogP contribution is 2.41. The number of hydrogen-bond donors (Lipinski definition) is 8. The monoisotopic (exact) mass is 1850 g/mol. The number of nitrogen functional groups attached to an aromatic ring is 2. The molecule has 1 aliphatic heterocycles. The molecule has 20 aromatic rings. The molecule has 140 heavy (non-hydrogen) atoms. The molecule has 0 spiro atoms. The molecule has 23 nitrogen and oxygen atoms in total. The van der Waals surface area contributed by atoms with Crippen molar-refractivity contribution in [2.45, 2.75) is 34.2 Å². The molecule has 0 aliphatic carbocycles. The summed E-state index contributed by atoms with van der Waals surface area (Å²) in [6.07, 6.45) is 22.8. The molecule has 0 fully saturated rings. The standard InChI is InChI=1S/C21H17FN2.C20H18FN3.C20H17N3.C18H15FN4O.C18H16N4O.C17H12N4O/c1-13-10-16(7-8-20(13)22)21-18(4-3-9-23-21)15-5-6-17-12-24-14(2)19(17)11-15;1-13-10-15(5-7-18(13)21)20-17(4-3-9-24-20)14-6-8-19(23-2)16(11-14)12-22;1-14-5-3-6-16(11-14)20-18(7-4-10-21-20)15-8-9-19-17(12-15)13-22-23(19)2;1-24-17-8-11(4-5-14(17)19)18-13(3-2-6-22-18)12-7-15(21)16(9-20)23-10-12;1-23-14-5-2-4-12(8-14)18-15(6-3-7-21-18)13-9-16(20)17(10-19)22-11-13;22-13-4-1-3-11(7-13)17-14(5-2-6-18-17)12-8-15-16(19-9-12)10-20-21-15/h3-11H,12H2,1-2H3;3-12,22-23H,1-2H3;3-13H,1-2H3;2-10,20H,21H2,1H3;2-11,19H,20H2,1H3;1-10,22H,(H,20,21). The fraction of sp³-hybridized carbons (Fsp3) is 0.0789. The topological polar surface area (TPSA) is 349 Å². The molecule has 0 saturated carbocycles. The van der Waals surface area contributed by atoms with Crippen LogP contribution in [-0.2, 0) is 13.6 Å². The highest BCUT2D eigenvalue weighted by Gasteiger charge is 2.21. The molecule has 0 radical (unpaired) electrons. The van der Waals surface area contributed by atoms with Crippen LogP contribution in [0.5, 0.6) is 17.2 Å². The van der Waals surface area contributed by atoms with Gasteiger partial charge in [0.05, 0.1) is 89.7 Å². The van der Waals surface area contributed by atoms with Crippen molar-refractivity contribution in [2.24, 2.45) is 12.0 Å². The van der Waals surface area contributed by atoms with Crippen molar-refractivity contribution >= 4 is 63.4 Å². The maximum Gasteiger partial charge on any atom is 0.165 e. The fourth-order valence-electron chi connectivity index (χ4n) is 16.2. The first-order valence-electron chi connectivity index (χ1n) is 44.5. The van der Waals surface area contributed by atoms with Crippen molar-refractivity contribution in [3.05, 3.63) is 403 Å². The number of nitrogens with two attached hydrogens (primary N) is 2. The summed E-state index contributed by atoms with van der Waals surface area (Å²) >= 11 is 0. The SMILES string of the molecule is CC1=NCc2ccc(-c3cccnc3-c3ccc(F)c(C)c3)cc21.CNc1ccc(-c2cccnc2-c2ccc(F)c(C)c2)cc1C=N.COc1cc(-c2ncccc2-c2cnc(C=N)c(N)c2)ccc1F.COc1cccc(-c2ncccc2-c2cnc(C=N)c(N)c2)c1.Cc1cccc(-c2ncccc2-c2ccc3c(cnn3C)c2)c1.Oc1cccc(-c2ncccc2-c2cnc3cn[nH]c3c2)c1. The van der Waals surface area contributed by atoms with Crippen molar-refractivity contribution in [3.8, 4) is 152 Å². The third-order valence-electron chi connectivity index (χ3n) is 23.4. The Labute approximate surface area is 806 Å². The fourth-order valence-corrected chi connectivity index (χ4v) is 16.2. The average Bonchev–Trinajstić information content (AvgIpc) is 1.62. The van der Waals surface area contributed by atoms with E-state index in [9.17, 15) is 18.3 Å². The van der Waals surface area contributed by atoms with Crippen LogP contribution < -0.4 is 26.3 Å². The summed E-state index contributed by atoms with van der Waals surface area (Å²) in [4.78, 5) is 44.4. The van der Waals surface area contributed by atoms with E-state index in [0.717, 1.165) is 192 Å². The van der Waals surface area contributed by atoms with Crippen LogP contribution in [-0.4, -0.2) is 116 Å². The van der Waals surface area contributed by atoms with E-state index < -0.39 is 5.82 Å². The number of aromatic amines is 1. The Kier molecular flexibility index (Phi) is 29.6. The molecular weight excluding hydrogens is 1750 g/mol. The number of nitrogens with one attached hydrogen (secondary N) is 5. The Bertz CT molecular complexity index is 8010. The highest BCUT2D eigenvalue weighted by atomic mass is 19.1. The lowest BCUT2D eigenvalue weighted by Gasteiger charge is -2.12. The summed E-state index contributed by atoms with van der Waals surface area (Å²) in [5.41, 5.74) is 46.3. The lowest BCUT2D eigenvalue weighted by atomic mass is 9.95. The molecule has 0 amide bonds. The predicted octanol–water partition coefficient (Wildman–Crippen LogP) is 25.0. The number of aromatic nitrogens is 13.